The van der Waals surface area contributed by atoms with E-state index in [9.17, 15) is 9.50 Å². The Hall–Kier alpha value is -1.22. The Kier molecular flexibility index (Phi) is 3.16. The SMILES string of the molecule is Oc1cc(C2CCCCS2)c2c(F)cccc2c1. The molecule has 0 aromatic heterocycles. The molecular weight excluding hydrogens is 247 g/mol. The van der Waals surface area contributed by atoms with E-state index in [-0.39, 0.29) is 11.6 Å². The summed E-state index contributed by atoms with van der Waals surface area (Å²) in [5.41, 5.74) is 0.952. The highest BCUT2D eigenvalue weighted by Crippen LogP contribution is 2.43. The molecule has 0 bridgehead atoms. The average molecular weight is 262 g/mol. The number of hydrogen-bond acceptors (Lipinski definition) is 2. The summed E-state index contributed by atoms with van der Waals surface area (Å²) in [6.45, 7) is 0. The summed E-state index contributed by atoms with van der Waals surface area (Å²) in [5.74, 6) is 1.17. The fraction of sp³-hybridized carbons (Fsp3) is 0.333. The van der Waals surface area contributed by atoms with Gasteiger partial charge in [0.2, 0.25) is 0 Å². The van der Waals surface area contributed by atoms with Crippen LogP contribution in [0.15, 0.2) is 30.3 Å². The Labute approximate surface area is 110 Å². The lowest BCUT2D eigenvalue weighted by Crippen LogP contribution is -2.03. The third-order valence-electron chi connectivity index (χ3n) is 3.47. The molecule has 1 fully saturated rings. The van der Waals surface area contributed by atoms with Gasteiger partial charge in [-0.2, -0.15) is 11.8 Å². The molecule has 1 atom stereocenters. The average Bonchev–Trinajstić information content (AvgIpc) is 2.39. The largest absolute Gasteiger partial charge is 0.508 e. The maximum absolute atomic E-state index is 14.0. The van der Waals surface area contributed by atoms with Gasteiger partial charge in [0.15, 0.2) is 0 Å². The van der Waals surface area contributed by atoms with Crippen molar-refractivity contribution in [3.63, 3.8) is 0 Å². The number of thioether (sulfide) groups is 1. The molecule has 0 radical (unpaired) electrons. The molecule has 0 saturated carbocycles. The summed E-state index contributed by atoms with van der Waals surface area (Å²) in [4.78, 5) is 0. The molecule has 1 unspecified atom stereocenters. The van der Waals surface area contributed by atoms with E-state index in [0.29, 0.717) is 10.6 Å². The molecule has 18 heavy (non-hydrogen) atoms. The lowest BCUT2D eigenvalue weighted by molar-refractivity contribution is 0.475. The number of aromatic hydroxyl groups is 1. The maximum Gasteiger partial charge on any atom is 0.131 e. The highest BCUT2D eigenvalue weighted by molar-refractivity contribution is 7.99. The van der Waals surface area contributed by atoms with Crippen molar-refractivity contribution < 1.29 is 9.50 Å². The monoisotopic (exact) mass is 262 g/mol. The summed E-state index contributed by atoms with van der Waals surface area (Å²) < 4.78 is 14.0. The molecular formula is C15H15FOS. The van der Waals surface area contributed by atoms with E-state index in [1.807, 2.05) is 17.8 Å². The predicted molar refractivity (Wildman–Crippen MR) is 74.6 cm³/mol. The number of rotatable bonds is 1. The van der Waals surface area contributed by atoms with E-state index < -0.39 is 0 Å². The van der Waals surface area contributed by atoms with Crippen molar-refractivity contribution >= 4 is 22.5 Å². The van der Waals surface area contributed by atoms with Crippen LogP contribution in [0.3, 0.4) is 0 Å². The molecule has 0 amide bonds. The molecule has 1 saturated heterocycles. The van der Waals surface area contributed by atoms with Crippen LogP contribution in [-0.2, 0) is 0 Å². The maximum atomic E-state index is 14.0. The fourth-order valence-electron chi connectivity index (χ4n) is 2.64. The Balaban J connectivity index is 2.19. The van der Waals surface area contributed by atoms with Gasteiger partial charge in [0, 0.05) is 10.6 Å². The van der Waals surface area contributed by atoms with Crippen LogP contribution in [-0.4, -0.2) is 10.9 Å². The number of fused-ring (bicyclic) bond motifs is 1. The van der Waals surface area contributed by atoms with E-state index in [1.165, 1.54) is 18.9 Å². The Morgan fingerprint density at radius 3 is 2.89 bits per heavy atom. The third-order valence-corrected chi connectivity index (χ3v) is 4.88. The van der Waals surface area contributed by atoms with Gasteiger partial charge in [-0.25, -0.2) is 4.39 Å². The molecule has 0 aliphatic carbocycles. The van der Waals surface area contributed by atoms with Crippen LogP contribution in [0.4, 0.5) is 4.39 Å². The summed E-state index contributed by atoms with van der Waals surface area (Å²) in [7, 11) is 0. The van der Waals surface area contributed by atoms with Gasteiger partial charge in [0.05, 0.1) is 0 Å². The van der Waals surface area contributed by atoms with Crippen molar-refractivity contribution in [2.24, 2.45) is 0 Å². The van der Waals surface area contributed by atoms with Crippen LogP contribution >= 0.6 is 11.8 Å². The summed E-state index contributed by atoms with van der Waals surface area (Å²) in [6.07, 6.45) is 3.49. The second-order valence-corrected chi connectivity index (χ2v) is 6.04. The van der Waals surface area contributed by atoms with Gasteiger partial charge in [0.1, 0.15) is 11.6 Å². The summed E-state index contributed by atoms with van der Waals surface area (Å²) >= 11 is 1.87. The zero-order chi connectivity index (χ0) is 12.5. The first kappa shape index (κ1) is 11.8. The van der Waals surface area contributed by atoms with Gasteiger partial charge in [-0.3, -0.25) is 0 Å². The lowest BCUT2D eigenvalue weighted by Gasteiger charge is -2.23. The number of phenolic OH excluding ortho intramolecular Hbond substituents is 1. The van der Waals surface area contributed by atoms with Crippen LogP contribution in [0.1, 0.15) is 30.1 Å². The quantitative estimate of drug-likeness (QED) is 0.807. The molecule has 1 N–H and O–H groups in total. The topological polar surface area (TPSA) is 20.2 Å². The summed E-state index contributed by atoms with van der Waals surface area (Å²) in [5, 5.41) is 11.6. The van der Waals surface area contributed by atoms with E-state index in [1.54, 1.807) is 18.2 Å². The van der Waals surface area contributed by atoms with Crippen molar-refractivity contribution in [1.82, 2.24) is 0 Å². The minimum absolute atomic E-state index is 0.186. The van der Waals surface area contributed by atoms with Crippen LogP contribution in [0, 0.1) is 5.82 Å². The smallest absolute Gasteiger partial charge is 0.131 e. The minimum Gasteiger partial charge on any atom is -0.508 e. The fourth-order valence-corrected chi connectivity index (χ4v) is 3.99. The number of hydrogen-bond donors (Lipinski definition) is 1. The van der Waals surface area contributed by atoms with E-state index >= 15 is 0 Å². The molecule has 1 aliphatic heterocycles. The third kappa shape index (κ3) is 2.07. The molecule has 1 heterocycles. The van der Waals surface area contributed by atoms with Gasteiger partial charge < -0.3 is 5.11 Å². The number of phenols is 1. The van der Waals surface area contributed by atoms with Crippen molar-refractivity contribution in [2.45, 2.75) is 24.5 Å². The highest BCUT2D eigenvalue weighted by Gasteiger charge is 2.20. The molecule has 1 nitrogen and oxygen atoms in total. The molecule has 3 heteroatoms. The Morgan fingerprint density at radius 1 is 1.22 bits per heavy atom. The summed E-state index contributed by atoms with van der Waals surface area (Å²) in [6, 6.07) is 8.41. The van der Waals surface area contributed by atoms with Gasteiger partial charge in [-0.15, -0.1) is 0 Å². The zero-order valence-corrected chi connectivity index (χ0v) is 10.8. The van der Waals surface area contributed by atoms with Gasteiger partial charge in [-0.1, -0.05) is 18.6 Å². The molecule has 0 spiro atoms. The Bertz CT molecular complexity index is 576. The number of benzene rings is 2. The molecule has 2 aromatic carbocycles. The van der Waals surface area contributed by atoms with Crippen molar-refractivity contribution in [3.05, 3.63) is 41.7 Å². The van der Waals surface area contributed by atoms with Crippen molar-refractivity contribution in [3.8, 4) is 5.75 Å². The zero-order valence-electron chi connectivity index (χ0n) is 10.0. The van der Waals surface area contributed by atoms with Crippen molar-refractivity contribution in [1.29, 1.82) is 0 Å². The second kappa shape index (κ2) is 4.81. The van der Waals surface area contributed by atoms with E-state index in [0.717, 1.165) is 23.1 Å². The molecule has 2 aromatic rings. The first-order valence-corrected chi connectivity index (χ1v) is 7.33. The molecule has 3 rings (SSSR count). The van der Waals surface area contributed by atoms with Gasteiger partial charge in [-0.05, 0) is 47.7 Å². The van der Waals surface area contributed by atoms with Crippen LogP contribution in [0.2, 0.25) is 0 Å². The highest BCUT2D eigenvalue weighted by atomic mass is 32.2. The van der Waals surface area contributed by atoms with Crippen LogP contribution in [0.25, 0.3) is 10.8 Å². The first-order valence-electron chi connectivity index (χ1n) is 6.28. The number of halogens is 1. The predicted octanol–water partition coefficient (Wildman–Crippen LogP) is 4.64. The standard InChI is InChI=1S/C15H15FOS/c16-13-5-3-4-10-8-11(17)9-12(15(10)13)14-6-1-2-7-18-14/h3-5,8-9,14,17H,1-2,6-7H2. The van der Waals surface area contributed by atoms with Gasteiger partial charge >= 0.3 is 0 Å². The van der Waals surface area contributed by atoms with E-state index in [4.69, 9.17) is 0 Å². The second-order valence-electron chi connectivity index (χ2n) is 4.73. The lowest BCUT2D eigenvalue weighted by atomic mass is 9.98. The van der Waals surface area contributed by atoms with Crippen molar-refractivity contribution in [2.75, 3.05) is 5.75 Å². The van der Waals surface area contributed by atoms with Crippen LogP contribution in [0.5, 0.6) is 5.75 Å². The molecule has 1 aliphatic rings. The van der Waals surface area contributed by atoms with Crippen LogP contribution < -0.4 is 0 Å². The molecule has 94 valence electrons. The first-order chi connectivity index (χ1) is 8.75. The van der Waals surface area contributed by atoms with Gasteiger partial charge in [0.25, 0.3) is 0 Å². The van der Waals surface area contributed by atoms with E-state index in [2.05, 4.69) is 0 Å². The minimum atomic E-state index is -0.186. The Morgan fingerprint density at radius 2 is 2.11 bits per heavy atom. The normalized spacial score (nSPS) is 20.2.